The minimum absolute atomic E-state index is 0.326. The van der Waals surface area contributed by atoms with Gasteiger partial charge in [0, 0.05) is 22.8 Å². The number of hydrogen-bond acceptors (Lipinski definition) is 4. The number of sulfonamides is 1. The van der Waals surface area contributed by atoms with Gasteiger partial charge in [0.2, 0.25) is 10.0 Å². The Hall–Kier alpha value is -2.84. The fourth-order valence-corrected chi connectivity index (χ4v) is 3.34. The number of aromatic nitrogens is 1. The zero-order valence-electron chi connectivity index (χ0n) is 13.9. The van der Waals surface area contributed by atoms with Gasteiger partial charge in [0.15, 0.2) is 0 Å². The van der Waals surface area contributed by atoms with Crippen LogP contribution < -0.4 is 10.5 Å². The summed E-state index contributed by atoms with van der Waals surface area (Å²) in [5.41, 5.74) is 2.21. The number of aryl methyl sites for hydroxylation is 1. The average molecular weight is 373 g/mol. The van der Waals surface area contributed by atoms with Crippen LogP contribution in [0.25, 0.3) is 10.9 Å². The summed E-state index contributed by atoms with van der Waals surface area (Å²) in [5, 5.41) is 8.29. The molecule has 0 saturated heterocycles. The molecular formula is C18H16FN3O3S. The van der Waals surface area contributed by atoms with Crippen molar-refractivity contribution in [2.45, 2.75) is 12.7 Å². The van der Waals surface area contributed by atoms with E-state index in [2.05, 4.69) is 10.3 Å². The Labute approximate surface area is 149 Å². The Morgan fingerprint density at radius 1 is 1.19 bits per heavy atom. The van der Waals surface area contributed by atoms with Crippen molar-refractivity contribution in [2.24, 2.45) is 5.14 Å². The number of rotatable bonds is 4. The number of nitrogens with zero attached hydrogens (tertiary/aromatic N) is 1. The lowest BCUT2D eigenvalue weighted by molar-refractivity contribution is 0.102. The van der Waals surface area contributed by atoms with Crippen molar-refractivity contribution in [3.8, 4) is 0 Å². The molecule has 1 amide bonds. The van der Waals surface area contributed by atoms with Crippen LogP contribution in [0.2, 0.25) is 0 Å². The van der Waals surface area contributed by atoms with E-state index in [9.17, 15) is 17.6 Å². The number of amides is 1. The number of halogens is 1. The van der Waals surface area contributed by atoms with Gasteiger partial charge >= 0.3 is 0 Å². The molecule has 0 atom stereocenters. The molecule has 1 heterocycles. The first kappa shape index (κ1) is 18.0. The maximum atomic E-state index is 13.4. The molecule has 3 aromatic rings. The molecule has 2 aromatic carbocycles. The van der Waals surface area contributed by atoms with Gasteiger partial charge in [-0.15, -0.1) is 0 Å². The van der Waals surface area contributed by atoms with E-state index in [1.165, 1.54) is 24.3 Å². The molecule has 0 bridgehead atoms. The predicted octanol–water partition coefficient (Wildman–Crippen LogP) is 2.72. The average Bonchev–Trinajstić information content (AvgIpc) is 2.52. The molecule has 0 radical (unpaired) electrons. The molecule has 0 saturated carbocycles. The zero-order chi connectivity index (χ0) is 18.9. The zero-order valence-corrected chi connectivity index (χ0v) is 14.7. The van der Waals surface area contributed by atoms with Crippen molar-refractivity contribution in [3.05, 3.63) is 71.2 Å². The maximum Gasteiger partial charge on any atom is 0.256 e. The van der Waals surface area contributed by atoms with Crippen LogP contribution in [0.3, 0.4) is 0 Å². The van der Waals surface area contributed by atoms with Crippen LogP contribution in [-0.2, 0) is 15.8 Å². The van der Waals surface area contributed by atoms with E-state index in [-0.39, 0.29) is 5.75 Å². The molecule has 0 spiro atoms. The first-order chi connectivity index (χ1) is 12.2. The summed E-state index contributed by atoms with van der Waals surface area (Å²) >= 11 is 0. The van der Waals surface area contributed by atoms with Crippen LogP contribution in [0, 0.1) is 12.7 Å². The molecule has 6 nitrogen and oxygen atoms in total. The molecular weight excluding hydrogens is 357 g/mol. The van der Waals surface area contributed by atoms with E-state index in [0.29, 0.717) is 33.4 Å². The molecule has 0 unspecified atom stereocenters. The number of pyridine rings is 1. The summed E-state index contributed by atoms with van der Waals surface area (Å²) in [4.78, 5) is 16.9. The summed E-state index contributed by atoms with van der Waals surface area (Å²) < 4.78 is 35.9. The van der Waals surface area contributed by atoms with Gasteiger partial charge in [-0.1, -0.05) is 12.1 Å². The number of primary sulfonamides is 1. The third-order valence-corrected chi connectivity index (χ3v) is 4.43. The first-order valence-electron chi connectivity index (χ1n) is 7.69. The largest absolute Gasteiger partial charge is 0.322 e. The quantitative estimate of drug-likeness (QED) is 0.734. The molecule has 1 aromatic heterocycles. The van der Waals surface area contributed by atoms with Crippen LogP contribution in [0.15, 0.2) is 48.5 Å². The molecule has 0 aliphatic carbocycles. The second-order valence-electron chi connectivity index (χ2n) is 5.93. The number of anilines is 1. The van der Waals surface area contributed by atoms with Crippen molar-refractivity contribution in [3.63, 3.8) is 0 Å². The van der Waals surface area contributed by atoms with Gasteiger partial charge in [-0.3, -0.25) is 9.78 Å². The smallest absolute Gasteiger partial charge is 0.256 e. The summed E-state index contributed by atoms with van der Waals surface area (Å²) in [7, 11) is -3.67. The molecule has 0 fully saturated rings. The van der Waals surface area contributed by atoms with E-state index in [0.717, 1.165) is 0 Å². The summed E-state index contributed by atoms with van der Waals surface area (Å²) in [6, 6.07) is 12.1. The molecule has 0 aliphatic rings. The molecule has 3 rings (SSSR count). The Kier molecular flexibility index (Phi) is 4.71. The summed E-state index contributed by atoms with van der Waals surface area (Å²) in [6.45, 7) is 1.72. The second-order valence-corrected chi connectivity index (χ2v) is 7.55. The number of nitrogens with one attached hydrogen (secondary N) is 1. The van der Waals surface area contributed by atoms with Crippen molar-refractivity contribution >= 4 is 32.5 Å². The number of carbonyl (C=O) groups is 1. The van der Waals surface area contributed by atoms with Crippen LogP contribution in [0.4, 0.5) is 10.1 Å². The summed E-state index contributed by atoms with van der Waals surface area (Å²) in [5.74, 6) is -1.16. The lowest BCUT2D eigenvalue weighted by Crippen LogP contribution is -2.15. The normalized spacial score (nSPS) is 11.5. The lowest BCUT2D eigenvalue weighted by Gasteiger charge is -2.10. The lowest BCUT2D eigenvalue weighted by atomic mass is 10.1. The monoisotopic (exact) mass is 373 g/mol. The second kappa shape index (κ2) is 6.81. The fourth-order valence-electron chi connectivity index (χ4n) is 2.69. The highest BCUT2D eigenvalue weighted by Crippen LogP contribution is 2.21. The van der Waals surface area contributed by atoms with E-state index in [1.807, 2.05) is 0 Å². The van der Waals surface area contributed by atoms with E-state index in [1.54, 1.807) is 31.2 Å². The number of nitrogens with two attached hydrogens (primary N) is 1. The number of benzene rings is 2. The van der Waals surface area contributed by atoms with Crippen LogP contribution in [0.5, 0.6) is 0 Å². The van der Waals surface area contributed by atoms with E-state index < -0.39 is 21.7 Å². The first-order valence-corrected chi connectivity index (χ1v) is 9.40. The SMILES string of the molecule is Cc1cc(C(=O)Nc2cccc(CS(N)(=O)=O)c2)c2ccc(F)cc2n1. The Morgan fingerprint density at radius 2 is 1.96 bits per heavy atom. The molecule has 134 valence electrons. The van der Waals surface area contributed by atoms with Crippen molar-refractivity contribution < 1.29 is 17.6 Å². The molecule has 8 heteroatoms. The number of hydrogen-bond donors (Lipinski definition) is 2. The molecule has 3 N–H and O–H groups in total. The highest BCUT2D eigenvalue weighted by molar-refractivity contribution is 7.88. The van der Waals surface area contributed by atoms with Gasteiger partial charge in [0.25, 0.3) is 5.91 Å². The summed E-state index contributed by atoms with van der Waals surface area (Å²) in [6.07, 6.45) is 0. The van der Waals surface area contributed by atoms with Crippen LogP contribution >= 0.6 is 0 Å². The van der Waals surface area contributed by atoms with E-state index >= 15 is 0 Å². The van der Waals surface area contributed by atoms with E-state index in [4.69, 9.17) is 5.14 Å². The maximum absolute atomic E-state index is 13.4. The van der Waals surface area contributed by atoms with Gasteiger partial charge in [-0.2, -0.15) is 0 Å². The Balaban J connectivity index is 1.94. The number of carbonyl (C=O) groups excluding carboxylic acids is 1. The standard InChI is InChI=1S/C18H16FN3O3S/c1-11-7-16(15-6-5-13(19)9-17(15)21-11)18(23)22-14-4-2-3-12(8-14)10-26(20,24)25/h2-9H,10H2,1H3,(H,22,23)(H2,20,24,25). The van der Waals surface area contributed by atoms with Gasteiger partial charge in [-0.25, -0.2) is 17.9 Å². The predicted molar refractivity (Wildman–Crippen MR) is 97.6 cm³/mol. The van der Waals surface area contributed by atoms with Crippen molar-refractivity contribution in [1.82, 2.24) is 4.98 Å². The Bertz CT molecular complexity index is 1110. The fraction of sp³-hybridized carbons (Fsp3) is 0.111. The highest BCUT2D eigenvalue weighted by Gasteiger charge is 2.14. The molecule has 26 heavy (non-hydrogen) atoms. The van der Waals surface area contributed by atoms with Crippen molar-refractivity contribution in [2.75, 3.05) is 5.32 Å². The van der Waals surface area contributed by atoms with Gasteiger partial charge in [0.05, 0.1) is 16.8 Å². The topological polar surface area (TPSA) is 102 Å². The van der Waals surface area contributed by atoms with Gasteiger partial charge in [0.1, 0.15) is 5.82 Å². The van der Waals surface area contributed by atoms with Crippen molar-refractivity contribution in [1.29, 1.82) is 0 Å². The van der Waals surface area contributed by atoms with Crippen LogP contribution in [-0.4, -0.2) is 19.3 Å². The van der Waals surface area contributed by atoms with Crippen LogP contribution in [0.1, 0.15) is 21.6 Å². The third-order valence-electron chi connectivity index (χ3n) is 3.70. The minimum Gasteiger partial charge on any atom is -0.322 e. The Morgan fingerprint density at radius 3 is 2.69 bits per heavy atom. The minimum atomic E-state index is -3.67. The van der Waals surface area contributed by atoms with Gasteiger partial charge in [-0.05, 0) is 42.8 Å². The third kappa shape index (κ3) is 4.22. The van der Waals surface area contributed by atoms with Gasteiger partial charge < -0.3 is 5.32 Å². The molecule has 0 aliphatic heterocycles. The number of fused-ring (bicyclic) bond motifs is 1. The highest BCUT2D eigenvalue weighted by atomic mass is 32.2.